The molecule has 1 N–H and O–H groups in total. The lowest BCUT2D eigenvalue weighted by molar-refractivity contribution is -0.137. The first kappa shape index (κ1) is 22.5. The highest BCUT2D eigenvalue weighted by Crippen LogP contribution is 2.61. The third-order valence-corrected chi connectivity index (χ3v) is 8.30. The van der Waals surface area contributed by atoms with Crippen molar-refractivity contribution in [3.05, 3.63) is 58.1 Å². The summed E-state index contributed by atoms with van der Waals surface area (Å²) >= 11 is 6.22. The first-order valence-corrected chi connectivity index (χ1v) is 11.9. The smallest absolute Gasteiger partial charge is 0.324 e. The second kappa shape index (κ2) is 7.30. The van der Waals surface area contributed by atoms with Crippen LogP contribution in [0.4, 0.5) is 24.5 Å². The van der Waals surface area contributed by atoms with Gasteiger partial charge in [-0.2, -0.15) is 13.2 Å². The molecule has 6 rings (SSSR count). The van der Waals surface area contributed by atoms with Crippen molar-refractivity contribution in [2.75, 3.05) is 16.8 Å². The van der Waals surface area contributed by atoms with Crippen molar-refractivity contribution < 1.29 is 27.6 Å². The molecule has 6 nitrogen and oxygen atoms in total. The summed E-state index contributed by atoms with van der Waals surface area (Å²) in [6.45, 7) is 2.53. The summed E-state index contributed by atoms with van der Waals surface area (Å²) in [5, 5.41) is 2.76. The van der Waals surface area contributed by atoms with Gasteiger partial charge in [0.1, 0.15) is 5.54 Å². The molecule has 182 valence electrons. The van der Waals surface area contributed by atoms with Crippen LogP contribution in [0.2, 0.25) is 5.02 Å². The number of rotatable bonds is 2. The topological polar surface area (TPSA) is 69.7 Å². The lowest BCUT2D eigenvalue weighted by Crippen LogP contribution is -2.54. The second-order valence-corrected chi connectivity index (χ2v) is 9.94. The zero-order valence-corrected chi connectivity index (χ0v) is 19.4. The van der Waals surface area contributed by atoms with Crippen LogP contribution in [0, 0.1) is 11.8 Å². The predicted octanol–water partition coefficient (Wildman–Crippen LogP) is 4.35. The number of nitrogens with zero attached hydrogens (tertiary/aromatic N) is 2. The highest BCUT2D eigenvalue weighted by Gasteiger charge is 2.74. The second-order valence-electron chi connectivity index (χ2n) is 9.54. The fourth-order valence-corrected chi connectivity index (χ4v) is 6.77. The van der Waals surface area contributed by atoms with E-state index < -0.39 is 40.9 Å². The van der Waals surface area contributed by atoms with Crippen molar-refractivity contribution in [3.63, 3.8) is 0 Å². The Morgan fingerprint density at radius 1 is 1.11 bits per heavy atom. The van der Waals surface area contributed by atoms with Crippen molar-refractivity contribution in [1.29, 1.82) is 0 Å². The molecule has 4 aliphatic heterocycles. The molecule has 0 unspecified atom stereocenters. The monoisotopic (exact) mass is 503 g/mol. The van der Waals surface area contributed by atoms with Crippen LogP contribution in [-0.2, 0) is 32.5 Å². The molecule has 10 heteroatoms. The standard InChI is InChI=1S/C25H21ClF3N3O3/c1-2-12-5-8-16-14(10-12)24(23(35)30-16)20-19(17-4-3-9-31(17)24)21(33)32(22(20)34)18-11-13(25(27,28)29)6-7-15(18)26/h5-8,10-11,17,19-20H,2-4,9H2,1H3,(H,30,35)/t17-,19-,20-,24+/m0/s1. The SMILES string of the molecule is CCc1ccc2c(c1)[C@]1(C(=O)N2)[C@@H]2C(=O)N(c3cc(C(F)(F)F)ccc3Cl)C(=O)[C@H]2[C@@H]2CCCN21. The molecule has 0 aliphatic carbocycles. The van der Waals surface area contributed by atoms with E-state index in [0.717, 1.165) is 35.1 Å². The summed E-state index contributed by atoms with van der Waals surface area (Å²) < 4.78 is 40.3. The highest BCUT2D eigenvalue weighted by molar-refractivity contribution is 6.36. The summed E-state index contributed by atoms with van der Waals surface area (Å²) in [6.07, 6.45) is -2.60. The van der Waals surface area contributed by atoms with E-state index in [0.29, 0.717) is 30.6 Å². The van der Waals surface area contributed by atoms with Crippen molar-refractivity contribution in [2.45, 2.75) is 43.9 Å². The van der Waals surface area contributed by atoms with Gasteiger partial charge in [-0.05, 0) is 55.6 Å². The molecule has 0 radical (unpaired) electrons. The molecule has 2 aromatic rings. The molecule has 1 spiro atoms. The van der Waals surface area contributed by atoms with Crippen molar-refractivity contribution >= 4 is 40.7 Å². The minimum atomic E-state index is -4.68. The molecule has 3 fully saturated rings. The van der Waals surface area contributed by atoms with Crippen molar-refractivity contribution in [2.24, 2.45) is 11.8 Å². The van der Waals surface area contributed by atoms with Crippen molar-refractivity contribution in [3.8, 4) is 0 Å². The fraction of sp³-hybridized carbons (Fsp3) is 0.400. The third-order valence-electron chi connectivity index (χ3n) is 7.98. The summed E-state index contributed by atoms with van der Waals surface area (Å²) in [6, 6.07) is 7.83. The molecule has 4 heterocycles. The van der Waals surface area contributed by atoms with Gasteiger partial charge in [0.2, 0.25) is 17.7 Å². The molecule has 3 amide bonds. The maximum Gasteiger partial charge on any atom is 0.416 e. The molecule has 0 bridgehead atoms. The molecule has 4 atom stereocenters. The molecule has 3 saturated heterocycles. The van der Waals surface area contributed by atoms with Gasteiger partial charge in [0, 0.05) is 17.3 Å². The van der Waals surface area contributed by atoms with Gasteiger partial charge >= 0.3 is 6.18 Å². The molecule has 0 aromatic heterocycles. The lowest BCUT2D eigenvalue weighted by atomic mass is 9.75. The van der Waals surface area contributed by atoms with Gasteiger partial charge in [-0.1, -0.05) is 30.7 Å². The van der Waals surface area contributed by atoms with Crippen LogP contribution in [-0.4, -0.2) is 35.2 Å². The number of fused-ring (bicyclic) bond motifs is 7. The Morgan fingerprint density at radius 2 is 1.89 bits per heavy atom. The molecule has 35 heavy (non-hydrogen) atoms. The number of hydrogen-bond donors (Lipinski definition) is 1. The van der Waals surface area contributed by atoms with Crippen LogP contribution in [0.3, 0.4) is 0 Å². The normalized spacial score (nSPS) is 29.7. The maximum absolute atomic E-state index is 14.0. The minimum Gasteiger partial charge on any atom is -0.324 e. The Morgan fingerprint density at radius 3 is 2.60 bits per heavy atom. The van der Waals surface area contributed by atoms with Gasteiger partial charge < -0.3 is 5.32 Å². The van der Waals surface area contributed by atoms with E-state index in [9.17, 15) is 27.6 Å². The van der Waals surface area contributed by atoms with Crippen LogP contribution >= 0.6 is 11.6 Å². The number of carbonyl (C=O) groups is 3. The summed E-state index contributed by atoms with van der Waals surface area (Å²) in [5.74, 6) is -3.58. The number of amides is 3. The fourth-order valence-electron chi connectivity index (χ4n) is 6.57. The number of aryl methyl sites for hydroxylation is 1. The third kappa shape index (κ3) is 2.79. The number of carbonyl (C=O) groups excluding carboxylic acids is 3. The van der Waals surface area contributed by atoms with Crippen LogP contribution in [0.1, 0.15) is 36.5 Å². The number of benzene rings is 2. The summed E-state index contributed by atoms with van der Waals surface area (Å²) in [4.78, 5) is 44.1. The van der Waals surface area contributed by atoms with E-state index in [4.69, 9.17) is 11.6 Å². The Labute approximate surface area is 204 Å². The van der Waals surface area contributed by atoms with Gasteiger partial charge in [-0.15, -0.1) is 0 Å². The van der Waals surface area contributed by atoms with E-state index in [2.05, 4.69) is 5.32 Å². The number of hydrogen-bond acceptors (Lipinski definition) is 4. The van der Waals surface area contributed by atoms with Crippen LogP contribution in [0.15, 0.2) is 36.4 Å². The van der Waals surface area contributed by atoms with E-state index in [1.54, 1.807) is 0 Å². The molecular formula is C25H21ClF3N3O3. The van der Waals surface area contributed by atoms with E-state index in [-0.39, 0.29) is 22.7 Å². The first-order valence-electron chi connectivity index (χ1n) is 11.6. The van der Waals surface area contributed by atoms with Gasteiger partial charge in [-0.25, -0.2) is 4.90 Å². The minimum absolute atomic E-state index is 0.137. The lowest BCUT2D eigenvalue weighted by Gasteiger charge is -2.37. The molecular weight excluding hydrogens is 483 g/mol. The van der Waals surface area contributed by atoms with Crippen LogP contribution in [0.25, 0.3) is 0 Å². The largest absolute Gasteiger partial charge is 0.416 e. The Kier molecular flexibility index (Phi) is 4.70. The Hall–Kier alpha value is -2.91. The number of anilines is 2. The molecule has 0 saturated carbocycles. The van der Waals surface area contributed by atoms with Crippen LogP contribution in [0.5, 0.6) is 0 Å². The van der Waals surface area contributed by atoms with Crippen LogP contribution < -0.4 is 10.2 Å². The molecule has 4 aliphatic rings. The predicted molar refractivity (Wildman–Crippen MR) is 122 cm³/mol. The number of nitrogens with one attached hydrogen (secondary N) is 1. The Bertz CT molecular complexity index is 1310. The number of halogens is 4. The van der Waals surface area contributed by atoms with E-state index >= 15 is 0 Å². The number of imide groups is 1. The average molecular weight is 504 g/mol. The van der Waals surface area contributed by atoms with E-state index in [1.807, 2.05) is 30.0 Å². The maximum atomic E-state index is 14.0. The Balaban J connectivity index is 1.54. The summed E-state index contributed by atoms with van der Waals surface area (Å²) in [7, 11) is 0. The molecule has 2 aromatic carbocycles. The van der Waals surface area contributed by atoms with Gasteiger partial charge in [0.15, 0.2) is 0 Å². The first-order chi connectivity index (χ1) is 16.6. The van der Waals surface area contributed by atoms with Gasteiger partial charge in [0.25, 0.3) is 0 Å². The van der Waals surface area contributed by atoms with Gasteiger partial charge in [0.05, 0.1) is 28.1 Å². The number of alkyl halides is 3. The quantitative estimate of drug-likeness (QED) is 0.619. The summed E-state index contributed by atoms with van der Waals surface area (Å²) in [5.41, 5.74) is -0.473. The zero-order chi connectivity index (χ0) is 24.9. The highest BCUT2D eigenvalue weighted by atomic mass is 35.5. The van der Waals surface area contributed by atoms with Gasteiger partial charge in [-0.3, -0.25) is 19.3 Å². The van der Waals surface area contributed by atoms with Crippen molar-refractivity contribution in [1.82, 2.24) is 4.90 Å². The average Bonchev–Trinajstić information content (AvgIpc) is 3.51. The zero-order valence-electron chi connectivity index (χ0n) is 18.7. The van der Waals surface area contributed by atoms with E-state index in [1.165, 1.54) is 0 Å².